The molecule has 0 unspecified atom stereocenters. The molecule has 1 saturated heterocycles. The van der Waals surface area contributed by atoms with Gasteiger partial charge in [-0.05, 0) is 53.9 Å². The van der Waals surface area contributed by atoms with Gasteiger partial charge >= 0.3 is 0 Å². The average Bonchev–Trinajstić information content (AvgIpc) is 3.19. The summed E-state index contributed by atoms with van der Waals surface area (Å²) in [4.78, 5) is 38.1. The topological polar surface area (TPSA) is 78.5 Å². The van der Waals surface area contributed by atoms with Crippen LogP contribution in [0.15, 0.2) is 78.9 Å². The van der Waals surface area contributed by atoms with Crippen LogP contribution >= 0.6 is 11.8 Å². The van der Waals surface area contributed by atoms with E-state index in [4.69, 9.17) is 0 Å². The normalized spacial score (nSPS) is 15.4. The number of carbonyl (C=O) groups is 3. The Morgan fingerprint density at radius 3 is 2.18 bits per heavy atom. The minimum atomic E-state index is -0.218. The zero-order chi connectivity index (χ0) is 23.2. The summed E-state index contributed by atoms with van der Waals surface area (Å²) in [7, 11) is 0. The molecule has 2 N–H and O–H groups in total. The van der Waals surface area contributed by atoms with Gasteiger partial charge in [0, 0.05) is 30.4 Å². The molecule has 1 aliphatic heterocycles. The van der Waals surface area contributed by atoms with Crippen LogP contribution in [-0.2, 0) is 16.0 Å². The van der Waals surface area contributed by atoms with Crippen LogP contribution in [0.4, 0.5) is 11.4 Å². The molecule has 0 spiro atoms. The molecule has 1 atom stereocenters. The zero-order valence-corrected chi connectivity index (χ0v) is 19.1. The summed E-state index contributed by atoms with van der Waals surface area (Å²) < 4.78 is 0. The first-order chi connectivity index (χ1) is 16.0. The molecule has 0 aliphatic carbocycles. The highest BCUT2D eigenvalue weighted by molar-refractivity contribution is 8.00. The van der Waals surface area contributed by atoms with Crippen LogP contribution < -0.4 is 10.6 Å². The molecule has 0 radical (unpaired) electrons. The third-order valence-electron chi connectivity index (χ3n) is 5.37. The predicted molar refractivity (Wildman–Crippen MR) is 132 cm³/mol. The Labute approximate surface area is 197 Å². The Kier molecular flexibility index (Phi) is 7.10. The van der Waals surface area contributed by atoms with Crippen molar-refractivity contribution < 1.29 is 14.4 Å². The lowest BCUT2D eigenvalue weighted by molar-refractivity contribution is -0.128. The Balaban J connectivity index is 1.38. The molecule has 3 aromatic rings. The SMILES string of the molecule is CC(=O)Nc1ccc(NC(=O)c2ccc([C@@H]3SCC(=O)N3CCc3ccccc3)cc2)cc1. The summed E-state index contributed by atoms with van der Waals surface area (Å²) >= 11 is 1.62. The second-order valence-corrected chi connectivity index (χ2v) is 8.89. The second kappa shape index (κ2) is 10.4. The number of amides is 3. The van der Waals surface area contributed by atoms with Gasteiger partial charge in [-0.2, -0.15) is 0 Å². The van der Waals surface area contributed by atoms with Crippen molar-refractivity contribution in [2.45, 2.75) is 18.7 Å². The van der Waals surface area contributed by atoms with E-state index in [0.717, 1.165) is 12.0 Å². The average molecular weight is 460 g/mol. The van der Waals surface area contributed by atoms with Gasteiger partial charge < -0.3 is 15.5 Å². The van der Waals surface area contributed by atoms with Crippen LogP contribution in [0.5, 0.6) is 0 Å². The summed E-state index contributed by atoms with van der Waals surface area (Å²) in [6.07, 6.45) is 0.810. The molecular formula is C26H25N3O3S. The maximum Gasteiger partial charge on any atom is 0.255 e. The van der Waals surface area contributed by atoms with Crippen LogP contribution in [0.2, 0.25) is 0 Å². The van der Waals surface area contributed by atoms with E-state index in [2.05, 4.69) is 22.8 Å². The van der Waals surface area contributed by atoms with Crippen molar-refractivity contribution in [3.63, 3.8) is 0 Å². The van der Waals surface area contributed by atoms with Gasteiger partial charge in [-0.1, -0.05) is 42.5 Å². The van der Waals surface area contributed by atoms with Gasteiger partial charge in [0.2, 0.25) is 11.8 Å². The first-order valence-electron chi connectivity index (χ1n) is 10.7. The summed E-state index contributed by atoms with van der Waals surface area (Å²) in [5.41, 5.74) is 4.07. The highest BCUT2D eigenvalue weighted by Crippen LogP contribution is 2.38. The van der Waals surface area contributed by atoms with Gasteiger partial charge in [-0.15, -0.1) is 11.8 Å². The fourth-order valence-electron chi connectivity index (χ4n) is 3.71. The number of hydrogen-bond acceptors (Lipinski definition) is 4. The minimum absolute atomic E-state index is 0.0420. The number of thioether (sulfide) groups is 1. The number of rotatable bonds is 7. The molecule has 0 bridgehead atoms. The fourth-order valence-corrected chi connectivity index (χ4v) is 4.93. The van der Waals surface area contributed by atoms with Crippen molar-refractivity contribution in [1.82, 2.24) is 4.90 Å². The van der Waals surface area contributed by atoms with Gasteiger partial charge in [-0.25, -0.2) is 0 Å². The Morgan fingerprint density at radius 1 is 0.909 bits per heavy atom. The minimum Gasteiger partial charge on any atom is -0.326 e. The Morgan fingerprint density at radius 2 is 1.55 bits per heavy atom. The van der Waals surface area contributed by atoms with Gasteiger partial charge in [0.05, 0.1) is 5.75 Å². The molecule has 3 aromatic carbocycles. The standard InChI is InChI=1S/C26H25N3O3S/c1-18(30)27-22-11-13-23(14-12-22)28-25(32)20-7-9-21(10-8-20)26-29(24(31)17-33-26)16-15-19-5-3-2-4-6-19/h2-14,26H,15-17H2,1H3,(H,27,30)(H,28,32)/t26-/m0/s1. The van der Waals surface area contributed by atoms with Crippen LogP contribution in [0, 0.1) is 0 Å². The largest absolute Gasteiger partial charge is 0.326 e. The second-order valence-electron chi connectivity index (χ2n) is 7.82. The molecule has 1 aliphatic rings. The van der Waals surface area contributed by atoms with E-state index < -0.39 is 0 Å². The van der Waals surface area contributed by atoms with Crippen LogP contribution in [0.25, 0.3) is 0 Å². The van der Waals surface area contributed by atoms with Crippen molar-refractivity contribution in [3.8, 4) is 0 Å². The Hall–Kier alpha value is -3.58. The van der Waals surface area contributed by atoms with Gasteiger partial charge in [0.25, 0.3) is 5.91 Å². The number of carbonyl (C=O) groups excluding carboxylic acids is 3. The lowest BCUT2D eigenvalue weighted by Crippen LogP contribution is -2.30. The van der Waals surface area contributed by atoms with E-state index >= 15 is 0 Å². The molecule has 3 amide bonds. The van der Waals surface area contributed by atoms with E-state index in [1.807, 2.05) is 35.2 Å². The van der Waals surface area contributed by atoms with Crippen LogP contribution in [-0.4, -0.2) is 34.9 Å². The maximum atomic E-state index is 12.6. The molecule has 4 rings (SSSR count). The smallest absolute Gasteiger partial charge is 0.255 e. The lowest BCUT2D eigenvalue weighted by atomic mass is 10.1. The molecule has 7 heteroatoms. The third-order valence-corrected chi connectivity index (χ3v) is 6.63. The molecule has 0 aromatic heterocycles. The van der Waals surface area contributed by atoms with E-state index in [1.54, 1.807) is 48.2 Å². The van der Waals surface area contributed by atoms with Gasteiger partial charge in [-0.3, -0.25) is 14.4 Å². The summed E-state index contributed by atoms with van der Waals surface area (Å²) in [5.74, 6) is 0.249. The van der Waals surface area contributed by atoms with Crippen molar-refractivity contribution >= 4 is 40.9 Å². The number of nitrogens with zero attached hydrogens (tertiary/aromatic N) is 1. The van der Waals surface area contributed by atoms with E-state index in [0.29, 0.717) is 29.2 Å². The predicted octanol–water partition coefficient (Wildman–Crippen LogP) is 4.71. The number of anilines is 2. The molecule has 1 fully saturated rings. The van der Waals surface area contributed by atoms with Crippen molar-refractivity contribution in [3.05, 3.63) is 95.6 Å². The number of benzene rings is 3. The van der Waals surface area contributed by atoms with E-state index in [1.165, 1.54) is 12.5 Å². The number of nitrogens with one attached hydrogen (secondary N) is 2. The quantitative estimate of drug-likeness (QED) is 0.536. The summed E-state index contributed by atoms with van der Waals surface area (Å²) in [5, 5.41) is 5.51. The zero-order valence-electron chi connectivity index (χ0n) is 18.3. The maximum absolute atomic E-state index is 12.6. The summed E-state index contributed by atoms with van der Waals surface area (Å²) in [6.45, 7) is 2.11. The van der Waals surface area contributed by atoms with Gasteiger partial charge in [0.15, 0.2) is 0 Å². The third kappa shape index (κ3) is 5.81. The fraction of sp³-hybridized carbons (Fsp3) is 0.192. The van der Waals surface area contributed by atoms with E-state index in [-0.39, 0.29) is 23.1 Å². The lowest BCUT2D eigenvalue weighted by Gasteiger charge is -2.24. The highest BCUT2D eigenvalue weighted by atomic mass is 32.2. The molecule has 0 saturated carbocycles. The van der Waals surface area contributed by atoms with Crippen molar-refractivity contribution in [2.75, 3.05) is 22.9 Å². The Bertz CT molecular complexity index is 1130. The first-order valence-corrected chi connectivity index (χ1v) is 11.8. The number of hydrogen-bond donors (Lipinski definition) is 2. The monoisotopic (exact) mass is 459 g/mol. The van der Waals surface area contributed by atoms with Crippen molar-refractivity contribution in [1.29, 1.82) is 0 Å². The molecule has 1 heterocycles. The molecular weight excluding hydrogens is 434 g/mol. The highest BCUT2D eigenvalue weighted by Gasteiger charge is 2.32. The molecule has 6 nitrogen and oxygen atoms in total. The van der Waals surface area contributed by atoms with Crippen LogP contribution in [0.3, 0.4) is 0 Å². The molecule has 168 valence electrons. The van der Waals surface area contributed by atoms with Crippen LogP contribution in [0.1, 0.15) is 33.8 Å². The summed E-state index contributed by atoms with van der Waals surface area (Å²) in [6, 6.07) is 24.5. The molecule has 33 heavy (non-hydrogen) atoms. The van der Waals surface area contributed by atoms with Gasteiger partial charge in [0.1, 0.15) is 5.37 Å². The first kappa shape index (κ1) is 22.6. The van der Waals surface area contributed by atoms with Crippen molar-refractivity contribution in [2.24, 2.45) is 0 Å². The van der Waals surface area contributed by atoms with E-state index in [9.17, 15) is 14.4 Å².